The Morgan fingerprint density at radius 3 is 2.85 bits per heavy atom. The van der Waals surface area contributed by atoms with E-state index in [0.29, 0.717) is 5.82 Å². The smallest absolute Gasteiger partial charge is 0.244 e. The summed E-state index contributed by atoms with van der Waals surface area (Å²) in [6.45, 7) is 0.0577. The van der Waals surface area contributed by atoms with Crippen molar-refractivity contribution in [3.05, 3.63) is 64.1 Å². The summed E-state index contributed by atoms with van der Waals surface area (Å²) in [6.07, 6.45) is 3.11. The van der Waals surface area contributed by atoms with Gasteiger partial charge in [0, 0.05) is 10.0 Å². The molecule has 4 rings (SSSR count). The number of aryl methyl sites for hydroxylation is 1. The molecule has 0 fully saturated rings. The highest BCUT2D eigenvalue weighted by Gasteiger charge is 2.21. The average Bonchev–Trinajstić information content (AvgIpc) is 3.11. The molecular weight excluding hydrogens is 394 g/mol. The lowest BCUT2D eigenvalue weighted by atomic mass is 9.88. The van der Waals surface area contributed by atoms with E-state index in [0.717, 1.165) is 29.3 Å². The number of benzene rings is 2. The van der Waals surface area contributed by atoms with Crippen LogP contribution in [-0.4, -0.2) is 26.1 Å². The summed E-state index contributed by atoms with van der Waals surface area (Å²) in [6, 6.07) is 16.0. The molecule has 0 saturated carbocycles. The Balaban J connectivity index is 1.42. The molecule has 1 aliphatic rings. The van der Waals surface area contributed by atoms with E-state index in [2.05, 4.69) is 48.8 Å². The number of carbonyl (C=O) groups is 1. The van der Waals surface area contributed by atoms with Gasteiger partial charge in [0.15, 0.2) is 0 Å². The topological polar surface area (TPSA) is 72.7 Å². The van der Waals surface area contributed by atoms with E-state index in [9.17, 15) is 4.79 Å². The summed E-state index contributed by atoms with van der Waals surface area (Å²) in [5.74, 6) is 0.403. The van der Waals surface area contributed by atoms with Crippen molar-refractivity contribution in [2.24, 2.45) is 0 Å². The summed E-state index contributed by atoms with van der Waals surface area (Å²) in [7, 11) is 0. The number of nitrogens with one attached hydrogen (secondary N) is 1. The molecule has 0 saturated heterocycles. The Morgan fingerprint density at radius 1 is 1.19 bits per heavy atom. The van der Waals surface area contributed by atoms with Gasteiger partial charge < -0.3 is 5.32 Å². The molecule has 6 nitrogen and oxygen atoms in total. The van der Waals surface area contributed by atoms with Crippen LogP contribution in [0.25, 0.3) is 11.4 Å². The van der Waals surface area contributed by atoms with Crippen LogP contribution in [0.5, 0.6) is 0 Å². The normalized spacial score (nSPS) is 16.1. The fraction of sp³-hybridized carbons (Fsp3) is 0.263. The van der Waals surface area contributed by atoms with E-state index in [4.69, 9.17) is 0 Å². The van der Waals surface area contributed by atoms with Crippen LogP contribution in [-0.2, 0) is 17.8 Å². The van der Waals surface area contributed by atoms with Gasteiger partial charge in [-0.05, 0) is 59.9 Å². The van der Waals surface area contributed by atoms with E-state index >= 15 is 0 Å². The highest BCUT2D eigenvalue weighted by Crippen LogP contribution is 2.29. The van der Waals surface area contributed by atoms with Crippen LogP contribution in [0.15, 0.2) is 53.0 Å². The number of tetrazole rings is 1. The Kier molecular flexibility index (Phi) is 4.79. The van der Waals surface area contributed by atoms with Crippen LogP contribution < -0.4 is 5.32 Å². The van der Waals surface area contributed by atoms with Crippen LogP contribution in [0.3, 0.4) is 0 Å². The van der Waals surface area contributed by atoms with Gasteiger partial charge in [0.05, 0.1) is 6.04 Å². The molecule has 3 aromatic rings. The summed E-state index contributed by atoms with van der Waals surface area (Å²) >= 11 is 3.40. The van der Waals surface area contributed by atoms with Gasteiger partial charge >= 0.3 is 0 Å². The number of halogens is 1. The zero-order valence-electron chi connectivity index (χ0n) is 14.1. The number of nitrogens with zero attached hydrogens (tertiary/aromatic N) is 4. The molecule has 2 aromatic carbocycles. The molecule has 0 bridgehead atoms. The lowest BCUT2D eigenvalue weighted by molar-refractivity contribution is -0.122. The SMILES string of the molecule is O=C(Cn1nnc(-c2ccc(Br)cc2)n1)NC1CCCc2ccccc21. The standard InChI is InChI=1S/C19H18BrN5O/c20-15-10-8-14(9-11-15)19-22-24-25(23-19)12-18(26)21-17-7-3-5-13-4-1-2-6-16(13)17/h1-2,4,6,8-11,17H,3,5,7,12H2,(H,21,26). The first-order valence-corrected chi connectivity index (χ1v) is 9.39. The van der Waals surface area contributed by atoms with Gasteiger partial charge in [-0.2, -0.15) is 4.80 Å². The van der Waals surface area contributed by atoms with Crippen molar-refractivity contribution >= 4 is 21.8 Å². The van der Waals surface area contributed by atoms with Crippen LogP contribution >= 0.6 is 15.9 Å². The van der Waals surface area contributed by atoms with Crippen molar-refractivity contribution in [2.45, 2.75) is 31.8 Å². The van der Waals surface area contributed by atoms with E-state index in [1.807, 2.05) is 36.4 Å². The third-order valence-corrected chi connectivity index (χ3v) is 5.07. The number of aromatic nitrogens is 4. The summed E-state index contributed by atoms with van der Waals surface area (Å²) in [5, 5.41) is 15.4. The summed E-state index contributed by atoms with van der Waals surface area (Å²) in [4.78, 5) is 13.8. The largest absolute Gasteiger partial charge is 0.348 e. The second-order valence-corrected chi connectivity index (χ2v) is 7.28. The molecule has 132 valence electrons. The van der Waals surface area contributed by atoms with Crippen LogP contribution in [0, 0.1) is 0 Å². The predicted molar refractivity (Wildman–Crippen MR) is 101 cm³/mol. The molecule has 1 aromatic heterocycles. The molecule has 0 aliphatic heterocycles. The quantitative estimate of drug-likeness (QED) is 0.714. The van der Waals surface area contributed by atoms with Crippen LogP contribution in [0.2, 0.25) is 0 Å². The number of hydrogen-bond donors (Lipinski definition) is 1. The fourth-order valence-electron chi connectivity index (χ4n) is 3.30. The molecule has 1 heterocycles. The fourth-order valence-corrected chi connectivity index (χ4v) is 3.56. The molecule has 0 radical (unpaired) electrons. The lowest BCUT2D eigenvalue weighted by Crippen LogP contribution is -2.34. The lowest BCUT2D eigenvalue weighted by Gasteiger charge is -2.26. The first-order chi connectivity index (χ1) is 12.7. The Morgan fingerprint density at radius 2 is 2.00 bits per heavy atom. The zero-order valence-corrected chi connectivity index (χ0v) is 15.7. The minimum Gasteiger partial charge on any atom is -0.348 e. The van der Waals surface area contributed by atoms with Crippen molar-refractivity contribution in [3.63, 3.8) is 0 Å². The maximum Gasteiger partial charge on any atom is 0.244 e. The third-order valence-electron chi connectivity index (χ3n) is 4.54. The highest BCUT2D eigenvalue weighted by atomic mass is 79.9. The molecule has 7 heteroatoms. The summed E-state index contributed by atoms with van der Waals surface area (Å²) in [5.41, 5.74) is 3.40. The first kappa shape index (κ1) is 16.9. The summed E-state index contributed by atoms with van der Waals surface area (Å²) < 4.78 is 0.987. The minimum atomic E-state index is -0.105. The molecule has 1 unspecified atom stereocenters. The number of amides is 1. The van der Waals surface area contributed by atoms with Gasteiger partial charge in [0.25, 0.3) is 0 Å². The van der Waals surface area contributed by atoms with Crippen molar-refractivity contribution in [3.8, 4) is 11.4 Å². The molecule has 26 heavy (non-hydrogen) atoms. The monoisotopic (exact) mass is 411 g/mol. The van der Waals surface area contributed by atoms with E-state index < -0.39 is 0 Å². The van der Waals surface area contributed by atoms with Gasteiger partial charge in [-0.15, -0.1) is 10.2 Å². The average molecular weight is 412 g/mol. The first-order valence-electron chi connectivity index (χ1n) is 8.60. The predicted octanol–water partition coefficient (Wildman–Crippen LogP) is 3.30. The maximum absolute atomic E-state index is 12.4. The highest BCUT2D eigenvalue weighted by molar-refractivity contribution is 9.10. The van der Waals surface area contributed by atoms with Crippen molar-refractivity contribution in [1.82, 2.24) is 25.5 Å². The Bertz CT molecular complexity index is 922. The number of fused-ring (bicyclic) bond motifs is 1. The number of carbonyl (C=O) groups excluding carboxylic acids is 1. The second-order valence-electron chi connectivity index (χ2n) is 6.36. The number of rotatable bonds is 4. The van der Waals surface area contributed by atoms with Crippen LogP contribution in [0.4, 0.5) is 0 Å². The maximum atomic E-state index is 12.4. The second kappa shape index (κ2) is 7.37. The van der Waals surface area contributed by atoms with E-state index in [1.165, 1.54) is 15.9 Å². The van der Waals surface area contributed by atoms with Crippen molar-refractivity contribution in [1.29, 1.82) is 0 Å². The molecule has 1 amide bonds. The van der Waals surface area contributed by atoms with Gasteiger partial charge in [-0.25, -0.2) is 0 Å². The minimum absolute atomic E-state index is 0.0573. The molecule has 1 aliphatic carbocycles. The molecular formula is C19H18BrN5O. The molecule has 1 atom stereocenters. The Hall–Kier alpha value is -2.54. The van der Waals surface area contributed by atoms with Gasteiger partial charge in [-0.1, -0.05) is 40.2 Å². The van der Waals surface area contributed by atoms with Crippen molar-refractivity contribution < 1.29 is 4.79 Å². The van der Waals surface area contributed by atoms with Crippen molar-refractivity contribution in [2.75, 3.05) is 0 Å². The van der Waals surface area contributed by atoms with Crippen LogP contribution in [0.1, 0.15) is 30.0 Å². The zero-order chi connectivity index (χ0) is 17.9. The van der Waals surface area contributed by atoms with Gasteiger partial charge in [0.1, 0.15) is 6.54 Å². The van der Waals surface area contributed by atoms with Gasteiger partial charge in [-0.3, -0.25) is 4.79 Å². The van der Waals surface area contributed by atoms with E-state index in [1.54, 1.807) is 0 Å². The third kappa shape index (κ3) is 3.67. The Labute approximate surface area is 159 Å². The molecule has 1 N–H and O–H groups in total. The van der Waals surface area contributed by atoms with Gasteiger partial charge in [0.2, 0.25) is 11.7 Å². The number of hydrogen-bond acceptors (Lipinski definition) is 4. The molecule has 0 spiro atoms. The van der Waals surface area contributed by atoms with E-state index in [-0.39, 0.29) is 18.5 Å².